The molecule has 0 atom stereocenters. The van der Waals surface area contributed by atoms with Crippen LogP contribution >= 0.6 is 0 Å². The summed E-state index contributed by atoms with van der Waals surface area (Å²) < 4.78 is 23.0. The zero-order chi connectivity index (χ0) is 15.3. The molecule has 0 unspecified atom stereocenters. The number of nitrogens with zero attached hydrogens (tertiary/aromatic N) is 1. The Hall–Kier alpha value is -1.85. The van der Waals surface area contributed by atoms with Gasteiger partial charge in [0.2, 0.25) is 0 Å². The molecule has 0 amide bonds. The van der Waals surface area contributed by atoms with E-state index in [1.54, 1.807) is 12.1 Å². The molecule has 5 heteroatoms. The smallest absolute Gasteiger partial charge is 0.175 e. The second-order valence-corrected chi connectivity index (χ2v) is 6.98. The maximum atomic E-state index is 11.5. The second-order valence-electron chi connectivity index (χ2n) is 4.96. The molecular formula is C16H20N2O2S. The van der Waals surface area contributed by atoms with E-state index < -0.39 is 9.84 Å². The second kappa shape index (κ2) is 6.74. The molecule has 4 nitrogen and oxygen atoms in total. The van der Waals surface area contributed by atoms with Crippen LogP contribution in [0.1, 0.15) is 5.56 Å². The zero-order valence-corrected chi connectivity index (χ0v) is 12.9. The van der Waals surface area contributed by atoms with Crippen LogP contribution in [-0.4, -0.2) is 27.8 Å². The molecule has 0 saturated carbocycles. The Bertz CT molecular complexity index is 667. The summed E-state index contributed by atoms with van der Waals surface area (Å²) in [6.07, 6.45) is 1.21. The normalized spacial score (nSPS) is 11.3. The van der Waals surface area contributed by atoms with Gasteiger partial charge in [-0.25, -0.2) is 8.42 Å². The quantitative estimate of drug-likeness (QED) is 0.887. The van der Waals surface area contributed by atoms with Gasteiger partial charge in [-0.3, -0.25) is 0 Å². The molecule has 0 aliphatic heterocycles. The van der Waals surface area contributed by atoms with Crippen molar-refractivity contribution in [2.45, 2.75) is 11.4 Å². The average molecular weight is 304 g/mol. The van der Waals surface area contributed by atoms with E-state index >= 15 is 0 Å². The van der Waals surface area contributed by atoms with Gasteiger partial charge in [-0.1, -0.05) is 30.3 Å². The Morgan fingerprint density at radius 3 is 2.14 bits per heavy atom. The first-order valence-electron chi connectivity index (χ1n) is 6.80. The van der Waals surface area contributed by atoms with Crippen LogP contribution in [-0.2, 0) is 16.4 Å². The summed E-state index contributed by atoms with van der Waals surface area (Å²) in [4.78, 5) is 2.47. The number of anilines is 1. The summed E-state index contributed by atoms with van der Waals surface area (Å²) in [5.74, 6) is 0. The molecule has 0 heterocycles. The highest BCUT2D eigenvalue weighted by Crippen LogP contribution is 2.19. The van der Waals surface area contributed by atoms with E-state index in [0.29, 0.717) is 18.0 Å². The van der Waals surface area contributed by atoms with Gasteiger partial charge in [0.05, 0.1) is 4.90 Å². The minimum Gasteiger partial charge on any atom is -0.366 e. The van der Waals surface area contributed by atoms with Crippen LogP contribution in [0.4, 0.5) is 5.69 Å². The highest BCUT2D eigenvalue weighted by atomic mass is 32.2. The van der Waals surface area contributed by atoms with E-state index in [-0.39, 0.29) is 0 Å². The third-order valence-electron chi connectivity index (χ3n) is 3.25. The van der Waals surface area contributed by atoms with Crippen LogP contribution in [0.25, 0.3) is 0 Å². The lowest BCUT2D eigenvalue weighted by Crippen LogP contribution is -2.28. The summed E-state index contributed by atoms with van der Waals surface area (Å²) >= 11 is 0. The van der Waals surface area contributed by atoms with Crippen molar-refractivity contribution in [3.05, 3.63) is 60.2 Å². The number of benzene rings is 2. The minimum absolute atomic E-state index is 0.332. The van der Waals surface area contributed by atoms with Crippen LogP contribution in [0.5, 0.6) is 0 Å². The molecule has 0 aliphatic rings. The molecule has 2 aromatic rings. The largest absolute Gasteiger partial charge is 0.366 e. The van der Waals surface area contributed by atoms with Crippen molar-refractivity contribution >= 4 is 15.5 Å². The van der Waals surface area contributed by atoms with E-state index in [0.717, 1.165) is 12.2 Å². The molecule has 0 saturated heterocycles. The first-order chi connectivity index (χ1) is 10.0. The van der Waals surface area contributed by atoms with Crippen molar-refractivity contribution in [3.63, 3.8) is 0 Å². The maximum Gasteiger partial charge on any atom is 0.175 e. The fourth-order valence-corrected chi connectivity index (χ4v) is 2.79. The van der Waals surface area contributed by atoms with Crippen molar-refractivity contribution in [3.8, 4) is 0 Å². The highest BCUT2D eigenvalue weighted by molar-refractivity contribution is 7.90. The van der Waals surface area contributed by atoms with Crippen LogP contribution in [0.2, 0.25) is 0 Å². The SMILES string of the molecule is CS(=O)(=O)c1ccc(N(CCN)Cc2ccccc2)cc1. The van der Waals surface area contributed by atoms with E-state index in [1.807, 2.05) is 30.3 Å². The fourth-order valence-electron chi connectivity index (χ4n) is 2.16. The molecule has 2 rings (SSSR count). The number of nitrogens with two attached hydrogens (primary N) is 1. The molecule has 21 heavy (non-hydrogen) atoms. The molecule has 0 bridgehead atoms. The summed E-state index contributed by atoms with van der Waals surface area (Å²) in [7, 11) is -3.16. The van der Waals surface area contributed by atoms with Crippen molar-refractivity contribution in [2.24, 2.45) is 5.73 Å². The van der Waals surface area contributed by atoms with Gasteiger partial charge in [0.25, 0.3) is 0 Å². The molecular weight excluding hydrogens is 284 g/mol. The summed E-state index contributed by atoms with van der Waals surface area (Å²) in [5.41, 5.74) is 7.84. The fraction of sp³-hybridized carbons (Fsp3) is 0.250. The third kappa shape index (κ3) is 4.31. The third-order valence-corrected chi connectivity index (χ3v) is 4.37. The zero-order valence-electron chi connectivity index (χ0n) is 12.1. The topological polar surface area (TPSA) is 63.4 Å². The monoisotopic (exact) mass is 304 g/mol. The predicted octanol–water partition coefficient (Wildman–Crippen LogP) is 2.06. The Kier molecular flexibility index (Phi) is 4.98. The van der Waals surface area contributed by atoms with Gasteiger partial charge >= 0.3 is 0 Å². The van der Waals surface area contributed by atoms with Crippen LogP contribution in [0.3, 0.4) is 0 Å². The van der Waals surface area contributed by atoms with Crippen LogP contribution < -0.4 is 10.6 Å². The lowest BCUT2D eigenvalue weighted by molar-refractivity contribution is 0.602. The van der Waals surface area contributed by atoms with E-state index in [2.05, 4.69) is 17.0 Å². The highest BCUT2D eigenvalue weighted by Gasteiger charge is 2.10. The van der Waals surface area contributed by atoms with E-state index in [4.69, 9.17) is 5.73 Å². The molecule has 0 spiro atoms. The summed E-state index contributed by atoms with van der Waals surface area (Å²) in [5, 5.41) is 0. The van der Waals surface area contributed by atoms with Crippen molar-refractivity contribution in [2.75, 3.05) is 24.2 Å². The maximum absolute atomic E-state index is 11.5. The number of hydrogen-bond acceptors (Lipinski definition) is 4. The Morgan fingerprint density at radius 1 is 1.00 bits per heavy atom. The average Bonchev–Trinajstić information content (AvgIpc) is 2.47. The first-order valence-corrected chi connectivity index (χ1v) is 8.69. The van der Waals surface area contributed by atoms with Gasteiger partial charge in [-0.15, -0.1) is 0 Å². The standard InChI is InChI=1S/C16H20N2O2S/c1-21(19,20)16-9-7-15(8-10-16)18(12-11-17)13-14-5-3-2-4-6-14/h2-10H,11-13,17H2,1H3. The van der Waals surface area contributed by atoms with Gasteiger partial charge in [-0.2, -0.15) is 0 Å². The number of hydrogen-bond donors (Lipinski definition) is 1. The lowest BCUT2D eigenvalue weighted by Gasteiger charge is -2.24. The molecule has 0 aliphatic carbocycles. The number of sulfone groups is 1. The minimum atomic E-state index is -3.16. The van der Waals surface area contributed by atoms with Gasteiger partial charge in [0, 0.05) is 31.6 Å². The Morgan fingerprint density at radius 2 is 1.62 bits per heavy atom. The molecule has 112 valence electrons. The van der Waals surface area contributed by atoms with Crippen molar-refractivity contribution < 1.29 is 8.42 Å². The molecule has 0 radical (unpaired) electrons. The van der Waals surface area contributed by atoms with Gasteiger partial charge < -0.3 is 10.6 Å². The van der Waals surface area contributed by atoms with E-state index in [1.165, 1.54) is 11.8 Å². The van der Waals surface area contributed by atoms with Crippen molar-refractivity contribution in [1.82, 2.24) is 0 Å². The predicted molar refractivity (Wildman–Crippen MR) is 86.1 cm³/mol. The van der Waals surface area contributed by atoms with Gasteiger partial charge in [-0.05, 0) is 29.8 Å². The van der Waals surface area contributed by atoms with E-state index in [9.17, 15) is 8.42 Å². The number of rotatable bonds is 6. The Balaban J connectivity index is 2.22. The van der Waals surface area contributed by atoms with Gasteiger partial charge in [0.15, 0.2) is 9.84 Å². The first kappa shape index (κ1) is 15.5. The summed E-state index contributed by atoms with van der Waals surface area (Å²) in [6, 6.07) is 17.0. The van der Waals surface area contributed by atoms with Crippen LogP contribution in [0, 0.1) is 0 Å². The van der Waals surface area contributed by atoms with Gasteiger partial charge in [0.1, 0.15) is 0 Å². The molecule has 2 N–H and O–H groups in total. The summed E-state index contributed by atoms with van der Waals surface area (Å²) in [6.45, 7) is 2.00. The van der Waals surface area contributed by atoms with Crippen LogP contribution in [0.15, 0.2) is 59.5 Å². The Labute approximate surface area is 126 Å². The molecule has 0 fully saturated rings. The molecule has 2 aromatic carbocycles. The lowest BCUT2D eigenvalue weighted by atomic mass is 10.2. The van der Waals surface area contributed by atoms with Crippen molar-refractivity contribution in [1.29, 1.82) is 0 Å². The molecule has 0 aromatic heterocycles.